The predicted octanol–water partition coefficient (Wildman–Crippen LogP) is 12.3. The molecule has 290 valence electrons. The molecular weight excluding hydrogens is 904 g/mol. The van der Waals surface area contributed by atoms with Crippen molar-refractivity contribution in [3.8, 4) is 5.82 Å². The van der Waals surface area contributed by atoms with Crippen molar-refractivity contribution in [3.05, 3.63) is 223 Å². The average Bonchev–Trinajstić information content (AvgIpc) is 3.82. The van der Waals surface area contributed by atoms with E-state index in [2.05, 4.69) is 187 Å². The molecule has 0 aliphatic carbocycles. The van der Waals surface area contributed by atoms with Gasteiger partial charge in [0.2, 0.25) is 0 Å². The van der Waals surface area contributed by atoms with E-state index in [9.17, 15) is 0 Å². The van der Waals surface area contributed by atoms with E-state index in [4.69, 9.17) is 15.0 Å². The van der Waals surface area contributed by atoms with E-state index in [1.165, 1.54) is 5.56 Å². The van der Waals surface area contributed by atoms with Gasteiger partial charge in [-0.15, -0.1) is 65.8 Å². The Bertz CT molecular complexity index is 2930. The zero-order chi connectivity index (χ0) is 39.2. The molecule has 0 N–H and O–H groups in total. The van der Waals surface area contributed by atoms with Crippen LogP contribution in [0.4, 0.5) is 23.0 Å². The largest absolute Gasteiger partial charge is 0.472 e. The number of hydrogen-bond donors (Lipinski definition) is 0. The molecule has 1 aliphatic rings. The second-order valence-electron chi connectivity index (χ2n) is 15.5. The molecule has 4 heterocycles. The molecule has 10 rings (SSSR count). The van der Waals surface area contributed by atoms with Crippen molar-refractivity contribution in [1.29, 1.82) is 0 Å². The fraction of sp³-hybridized carbons (Fsp3) is 0.0769. The molecule has 9 aromatic rings. The molecule has 0 amide bonds. The van der Waals surface area contributed by atoms with E-state index in [1.54, 1.807) is 12.4 Å². The normalized spacial score (nSPS) is 12.4. The average molecular weight is 943 g/mol. The van der Waals surface area contributed by atoms with Gasteiger partial charge >= 0.3 is 0 Å². The van der Waals surface area contributed by atoms with Crippen LogP contribution in [-0.4, -0.2) is 19.5 Å². The molecule has 0 radical (unpaired) electrons. The van der Waals surface area contributed by atoms with Crippen LogP contribution < -0.4 is 9.80 Å². The zero-order valence-corrected chi connectivity index (χ0v) is 35.1. The summed E-state index contributed by atoms with van der Waals surface area (Å²) in [5.74, 6) is 2.36. The molecule has 0 unspecified atom stereocenters. The Kier molecular flexibility index (Phi) is 10.0. The van der Waals surface area contributed by atoms with E-state index in [0.29, 0.717) is 0 Å². The number of pyridine rings is 1. The third-order valence-electron chi connectivity index (χ3n) is 10.8. The summed E-state index contributed by atoms with van der Waals surface area (Å²) in [6.45, 7) is 8.76. The summed E-state index contributed by atoms with van der Waals surface area (Å²) < 4.78 is 2.26. The third kappa shape index (κ3) is 6.94. The van der Waals surface area contributed by atoms with E-state index >= 15 is 0 Å². The Morgan fingerprint density at radius 1 is 0.542 bits per heavy atom. The second-order valence-corrected chi connectivity index (χ2v) is 15.5. The van der Waals surface area contributed by atoms with Gasteiger partial charge in [-0.2, -0.15) is 0 Å². The zero-order valence-electron chi connectivity index (χ0n) is 32.8. The molecule has 0 bridgehead atoms. The number of para-hydroxylation sites is 2. The fourth-order valence-electron chi connectivity index (χ4n) is 7.95. The summed E-state index contributed by atoms with van der Waals surface area (Å²) >= 11 is 0. The Hall–Kier alpha value is -6.62. The van der Waals surface area contributed by atoms with Gasteiger partial charge in [-0.25, -0.2) is 15.0 Å². The summed E-state index contributed by atoms with van der Waals surface area (Å²) in [5, 5.41) is 2.27. The van der Waals surface area contributed by atoms with Crippen LogP contribution in [0.15, 0.2) is 176 Å². The minimum absolute atomic E-state index is 0. The number of aromatic nitrogens is 4. The molecule has 6 aromatic carbocycles. The van der Waals surface area contributed by atoms with Gasteiger partial charge in [0.25, 0.3) is 0 Å². The molecule has 0 spiro atoms. The SMILES string of the molecule is CC(C)(C)c1ccnc(-n2c3[c-]c(C(=C(c4ccccc4)c4ccccc4)c4[c-]c(N5[CH-]N(c6ccccc6)c6nccnc65)ccc4)ccc3c3ccccc32)c1.[Pt]. The second kappa shape index (κ2) is 15.6. The number of rotatable bonds is 7. The van der Waals surface area contributed by atoms with Gasteiger partial charge in [-0.3, -0.25) is 0 Å². The summed E-state index contributed by atoms with van der Waals surface area (Å²) in [7, 11) is 0. The van der Waals surface area contributed by atoms with Crippen LogP contribution in [0.25, 0.3) is 38.8 Å². The minimum Gasteiger partial charge on any atom is -0.472 e. The van der Waals surface area contributed by atoms with E-state index in [0.717, 1.165) is 84.0 Å². The summed E-state index contributed by atoms with van der Waals surface area (Å²) in [4.78, 5) is 18.7. The van der Waals surface area contributed by atoms with Crippen LogP contribution in [0.3, 0.4) is 0 Å². The van der Waals surface area contributed by atoms with E-state index in [1.807, 2.05) is 31.1 Å². The first-order valence-corrected chi connectivity index (χ1v) is 19.5. The van der Waals surface area contributed by atoms with Gasteiger partial charge in [0.15, 0.2) is 0 Å². The standard InChI is InChI=1S/C52H39N6.Pt/c1-52(2,3)40-28-29-53-47(34-40)58-45-25-14-13-24-43(45)44-27-26-39(33-46(44)58)49(48(36-16-7-4-8-17-36)37-18-9-5-10-19-37)38-20-15-23-42(32-38)57-35-56(41-21-11-6-12-22-41)50-51(57)55-31-30-54-50;/h4-31,34-35H,1-3H3;/q-3;. The van der Waals surface area contributed by atoms with Crippen LogP contribution in [-0.2, 0) is 26.5 Å². The Balaban J connectivity index is 0.00000449. The smallest absolute Gasteiger partial charge is 0.145 e. The van der Waals surface area contributed by atoms with E-state index < -0.39 is 0 Å². The number of benzene rings is 6. The molecule has 1 aliphatic heterocycles. The topological polar surface area (TPSA) is 50.1 Å². The van der Waals surface area contributed by atoms with Gasteiger partial charge in [-0.1, -0.05) is 129 Å². The van der Waals surface area contributed by atoms with Crippen molar-refractivity contribution < 1.29 is 21.1 Å². The van der Waals surface area contributed by atoms with Crippen molar-refractivity contribution in [2.75, 3.05) is 9.80 Å². The van der Waals surface area contributed by atoms with Gasteiger partial charge in [0.1, 0.15) is 17.5 Å². The van der Waals surface area contributed by atoms with Crippen LogP contribution in [0.2, 0.25) is 0 Å². The Labute approximate surface area is 359 Å². The first-order valence-electron chi connectivity index (χ1n) is 19.5. The Morgan fingerprint density at radius 3 is 1.86 bits per heavy atom. The monoisotopic (exact) mass is 942 g/mol. The first-order chi connectivity index (χ1) is 28.4. The van der Waals surface area contributed by atoms with Crippen LogP contribution in [0, 0.1) is 18.8 Å². The van der Waals surface area contributed by atoms with Crippen molar-refractivity contribution in [1.82, 2.24) is 19.5 Å². The van der Waals surface area contributed by atoms with Crippen LogP contribution in [0.5, 0.6) is 0 Å². The van der Waals surface area contributed by atoms with Gasteiger partial charge in [0, 0.05) is 50.9 Å². The number of fused-ring (bicyclic) bond motifs is 4. The van der Waals surface area contributed by atoms with E-state index in [-0.39, 0.29) is 26.5 Å². The van der Waals surface area contributed by atoms with Gasteiger partial charge in [0.05, 0.1) is 0 Å². The summed E-state index contributed by atoms with van der Waals surface area (Å²) in [6, 6.07) is 63.0. The van der Waals surface area contributed by atoms with Crippen molar-refractivity contribution in [2.45, 2.75) is 26.2 Å². The fourth-order valence-corrected chi connectivity index (χ4v) is 7.95. The maximum Gasteiger partial charge on any atom is 0.145 e. The van der Waals surface area contributed by atoms with Crippen LogP contribution in [0.1, 0.15) is 48.6 Å². The molecule has 7 heteroatoms. The van der Waals surface area contributed by atoms with Crippen molar-refractivity contribution >= 4 is 56.0 Å². The quantitative estimate of drug-likeness (QED) is 0.118. The molecule has 59 heavy (non-hydrogen) atoms. The van der Waals surface area contributed by atoms with Gasteiger partial charge in [-0.05, 0) is 68.9 Å². The summed E-state index contributed by atoms with van der Waals surface area (Å²) in [5.41, 5.74) is 11.2. The molecule has 3 aromatic heterocycles. The predicted molar refractivity (Wildman–Crippen MR) is 236 cm³/mol. The maximum atomic E-state index is 4.96. The number of anilines is 4. The summed E-state index contributed by atoms with van der Waals surface area (Å²) in [6.07, 6.45) is 5.40. The van der Waals surface area contributed by atoms with Gasteiger partial charge < -0.3 is 14.4 Å². The molecule has 6 nitrogen and oxygen atoms in total. The van der Waals surface area contributed by atoms with Crippen molar-refractivity contribution in [3.63, 3.8) is 0 Å². The number of nitrogens with zero attached hydrogens (tertiary/aromatic N) is 6. The Morgan fingerprint density at radius 2 is 1.17 bits per heavy atom. The van der Waals surface area contributed by atoms with Crippen LogP contribution >= 0.6 is 0 Å². The minimum atomic E-state index is -0.0423. The maximum absolute atomic E-state index is 4.96. The third-order valence-corrected chi connectivity index (χ3v) is 10.8. The number of hydrogen-bond acceptors (Lipinski definition) is 5. The molecule has 0 saturated carbocycles. The van der Waals surface area contributed by atoms with Crippen molar-refractivity contribution in [2.24, 2.45) is 0 Å². The molecule has 0 saturated heterocycles. The first kappa shape index (κ1) is 37.9. The molecular formula is C52H39N6Pt-3. The molecule has 0 atom stereocenters. The molecule has 0 fully saturated rings.